The summed E-state index contributed by atoms with van der Waals surface area (Å²) >= 11 is 1.69. The summed E-state index contributed by atoms with van der Waals surface area (Å²) in [6, 6.07) is 16.7. The Morgan fingerprint density at radius 3 is 2.64 bits per heavy atom. The highest BCUT2D eigenvalue weighted by Gasteiger charge is 2.17. The number of hydrogen-bond acceptors (Lipinski definition) is 4. The molecule has 1 aliphatic rings. The van der Waals surface area contributed by atoms with Crippen molar-refractivity contribution in [3.8, 4) is 0 Å². The van der Waals surface area contributed by atoms with Crippen molar-refractivity contribution in [2.45, 2.75) is 38.6 Å². The molecule has 0 spiro atoms. The van der Waals surface area contributed by atoms with Crippen LogP contribution in [0.1, 0.15) is 36.3 Å². The third kappa shape index (κ3) is 4.36. The first-order chi connectivity index (χ1) is 13.7. The summed E-state index contributed by atoms with van der Waals surface area (Å²) in [5.41, 5.74) is 3.55. The van der Waals surface area contributed by atoms with Crippen LogP contribution in [0, 0.1) is 0 Å². The maximum Gasteiger partial charge on any atom is 0.223 e. The standard InChI is InChI=1S/C23H27N3OS/c1-25(17-18-9-3-5-11-20(18)26-15-7-2-8-16-26)23(27)14-13-22-24-19-10-4-6-12-21(19)28-22/h3-6,9-12H,2,7-8,13-17H2,1H3. The van der Waals surface area contributed by atoms with Gasteiger partial charge in [0, 0.05) is 45.2 Å². The molecule has 3 aromatic rings. The van der Waals surface area contributed by atoms with Gasteiger partial charge in [-0.25, -0.2) is 4.98 Å². The van der Waals surface area contributed by atoms with Crippen LogP contribution in [0.15, 0.2) is 48.5 Å². The lowest BCUT2D eigenvalue weighted by Gasteiger charge is -2.31. The van der Waals surface area contributed by atoms with Crippen LogP contribution >= 0.6 is 11.3 Å². The van der Waals surface area contributed by atoms with E-state index in [4.69, 9.17) is 0 Å². The molecule has 2 aromatic carbocycles. The summed E-state index contributed by atoms with van der Waals surface area (Å²) in [5.74, 6) is 0.174. The minimum absolute atomic E-state index is 0.174. The van der Waals surface area contributed by atoms with Crippen molar-refractivity contribution in [2.24, 2.45) is 0 Å². The number of anilines is 1. The van der Waals surface area contributed by atoms with E-state index >= 15 is 0 Å². The van der Waals surface area contributed by atoms with E-state index in [1.165, 1.54) is 35.2 Å². The van der Waals surface area contributed by atoms with Gasteiger partial charge >= 0.3 is 0 Å². The topological polar surface area (TPSA) is 36.4 Å². The van der Waals surface area contributed by atoms with Gasteiger partial charge in [-0.2, -0.15) is 0 Å². The van der Waals surface area contributed by atoms with Crippen LogP contribution in [0.3, 0.4) is 0 Å². The Hall–Kier alpha value is -2.40. The number of thiazole rings is 1. The third-order valence-corrected chi connectivity index (χ3v) is 6.51. The van der Waals surface area contributed by atoms with Crippen molar-refractivity contribution in [3.63, 3.8) is 0 Å². The number of piperidine rings is 1. The van der Waals surface area contributed by atoms with Crippen LogP contribution in [-0.2, 0) is 17.8 Å². The van der Waals surface area contributed by atoms with Gasteiger partial charge in [-0.3, -0.25) is 4.79 Å². The summed E-state index contributed by atoms with van der Waals surface area (Å²) in [5, 5.41) is 1.04. The number of nitrogens with zero attached hydrogens (tertiary/aromatic N) is 3. The zero-order valence-electron chi connectivity index (χ0n) is 16.4. The van der Waals surface area contributed by atoms with Crippen LogP contribution in [-0.4, -0.2) is 35.9 Å². The van der Waals surface area contributed by atoms with Gasteiger partial charge in [0.25, 0.3) is 0 Å². The van der Waals surface area contributed by atoms with E-state index in [0.29, 0.717) is 19.4 Å². The molecule has 0 unspecified atom stereocenters. The summed E-state index contributed by atoms with van der Waals surface area (Å²) in [7, 11) is 1.91. The van der Waals surface area contributed by atoms with E-state index in [0.717, 1.165) is 23.6 Å². The molecule has 0 N–H and O–H groups in total. The molecule has 0 bridgehead atoms. The fourth-order valence-electron chi connectivity index (χ4n) is 3.86. The number of carbonyl (C=O) groups is 1. The van der Waals surface area contributed by atoms with Gasteiger partial charge in [-0.15, -0.1) is 11.3 Å². The molecule has 1 aliphatic heterocycles. The number of benzene rings is 2. The Bertz CT molecular complexity index is 913. The van der Waals surface area contributed by atoms with Crippen molar-refractivity contribution in [1.82, 2.24) is 9.88 Å². The molecule has 146 valence electrons. The highest BCUT2D eigenvalue weighted by molar-refractivity contribution is 7.18. The maximum atomic E-state index is 12.7. The van der Waals surface area contributed by atoms with Gasteiger partial charge in [0.15, 0.2) is 0 Å². The third-order valence-electron chi connectivity index (χ3n) is 5.41. The second kappa shape index (κ2) is 8.74. The quantitative estimate of drug-likeness (QED) is 0.599. The number of hydrogen-bond donors (Lipinski definition) is 0. The molecule has 0 aliphatic carbocycles. The number of carbonyl (C=O) groups excluding carboxylic acids is 1. The van der Waals surface area contributed by atoms with Gasteiger partial charge in [0.1, 0.15) is 0 Å². The molecule has 1 aromatic heterocycles. The minimum Gasteiger partial charge on any atom is -0.371 e. The predicted molar refractivity (Wildman–Crippen MR) is 117 cm³/mol. The van der Waals surface area contributed by atoms with E-state index < -0.39 is 0 Å². The first-order valence-electron chi connectivity index (χ1n) is 10.1. The Kier molecular flexibility index (Phi) is 5.91. The number of para-hydroxylation sites is 2. The molecule has 4 rings (SSSR count). The highest BCUT2D eigenvalue weighted by Crippen LogP contribution is 2.26. The fraction of sp³-hybridized carbons (Fsp3) is 0.391. The van der Waals surface area contributed by atoms with Gasteiger partial charge in [0.05, 0.1) is 15.2 Å². The SMILES string of the molecule is CN(Cc1ccccc1N1CCCCC1)C(=O)CCc1nc2ccccc2s1. The van der Waals surface area contributed by atoms with E-state index in [2.05, 4.69) is 40.2 Å². The van der Waals surface area contributed by atoms with Gasteiger partial charge in [-0.1, -0.05) is 30.3 Å². The summed E-state index contributed by atoms with van der Waals surface area (Å²) in [6.07, 6.45) is 5.04. The van der Waals surface area contributed by atoms with Crippen LogP contribution < -0.4 is 4.90 Å². The fourth-order valence-corrected chi connectivity index (χ4v) is 4.83. The maximum absolute atomic E-state index is 12.7. The lowest BCUT2D eigenvalue weighted by atomic mass is 10.1. The van der Waals surface area contributed by atoms with Gasteiger partial charge in [0.2, 0.25) is 5.91 Å². The Morgan fingerprint density at radius 1 is 1.07 bits per heavy atom. The first-order valence-corrected chi connectivity index (χ1v) is 10.9. The van der Waals surface area contributed by atoms with E-state index in [1.807, 2.05) is 30.1 Å². The van der Waals surface area contributed by atoms with Crippen molar-refractivity contribution in [2.75, 3.05) is 25.0 Å². The Labute approximate surface area is 170 Å². The number of fused-ring (bicyclic) bond motifs is 1. The van der Waals surface area contributed by atoms with Crippen LogP contribution in [0.5, 0.6) is 0 Å². The summed E-state index contributed by atoms with van der Waals surface area (Å²) in [6.45, 7) is 2.89. The molecule has 0 atom stereocenters. The Morgan fingerprint density at radius 2 is 1.82 bits per heavy atom. The number of aromatic nitrogens is 1. The van der Waals surface area contributed by atoms with Gasteiger partial charge in [-0.05, 0) is 43.0 Å². The largest absolute Gasteiger partial charge is 0.371 e. The first kappa shape index (κ1) is 18.9. The molecule has 1 amide bonds. The van der Waals surface area contributed by atoms with E-state index in [-0.39, 0.29) is 5.91 Å². The molecule has 5 heteroatoms. The average Bonchev–Trinajstić information content (AvgIpc) is 3.16. The van der Waals surface area contributed by atoms with E-state index in [9.17, 15) is 4.79 Å². The highest BCUT2D eigenvalue weighted by atomic mass is 32.1. The zero-order chi connectivity index (χ0) is 19.3. The number of rotatable bonds is 6. The monoisotopic (exact) mass is 393 g/mol. The molecule has 28 heavy (non-hydrogen) atoms. The molecular weight excluding hydrogens is 366 g/mol. The van der Waals surface area contributed by atoms with Crippen molar-refractivity contribution >= 4 is 33.1 Å². The summed E-state index contributed by atoms with van der Waals surface area (Å²) < 4.78 is 1.19. The lowest BCUT2D eigenvalue weighted by molar-refractivity contribution is -0.130. The van der Waals surface area contributed by atoms with Crippen LogP contribution in [0.2, 0.25) is 0 Å². The van der Waals surface area contributed by atoms with Gasteiger partial charge < -0.3 is 9.80 Å². The zero-order valence-corrected chi connectivity index (χ0v) is 17.3. The lowest BCUT2D eigenvalue weighted by Crippen LogP contribution is -2.32. The second-order valence-corrected chi connectivity index (χ2v) is 8.62. The molecule has 2 heterocycles. The summed E-state index contributed by atoms with van der Waals surface area (Å²) in [4.78, 5) is 21.7. The predicted octanol–water partition coefficient (Wildman–Crippen LogP) is 4.88. The smallest absolute Gasteiger partial charge is 0.223 e. The molecule has 1 saturated heterocycles. The molecule has 1 fully saturated rings. The number of amides is 1. The Balaban J connectivity index is 1.38. The average molecular weight is 394 g/mol. The van der Waals surface area contributed by atoms with Crippen molar-refractivity contribution < 1.29 is 4.79 Å². The van der Waals surface area contributed by atoms with Crippen molar-refractivity contribution in [1.29, 1.82) is 0 Å². The normalized spacial score (nSPS) is 14.4. The molecule has 0 radical (unpaired) electrons. The second-order valence-electron chi connectivity index (χ2n) is 7.50. The molecule has 0 saturated carbocycles. The van der Waals surface area contributed by atoms with Crippen molar-refractivity contribution in [3.05, 3.63) is 59.1 Å². The van der Waals surface area contributed by atoms with E-state index in [1.54, 1.807) is 11.3 Å². The number of aryl methyl sites for hydroxylation is 1. The van der Waals surface area contributed by atoms with Crippen LogP contribution in [0.4, 0.5) is 5.69 Å². The molecular formula is C23H27N3OS. The minimum atomic E-state index is 0.174. The molecule has 4 nitrogen and oxygen atoms in total. The van der Waals surface area contributed by atoms with Crippen LogP contribution in [0.25, 0.3) is 10.2 Å².